The zero-order valence-corrected chi connectivity index (χ0v) is 18.9. The maximum atomic E-state index is 13.1. The van der Waals surface area contributed by atoms with Crippen LogP contribution in [0.2, 0.25) is 0 Å². The third kappa shape index (κ3) is 4.85. The van der Waals surface area contributed by atoms with Crippen LogP contribution in [0.25, 0.3) is 0 Å². The Morgan fingerprint density at radius 3 is 2.70 bits per heavy atom. The Labute approximate surface area is 193 Å². The standard InChI is InChI=1S/C23H31N7O3/c1-15(19(29-25)4-8-24)20-13-27-17(12-28-20)11-26-16-2-5-23(6-3-16)7-9-30(22(23)32)18-10-21(31)33-14-18/h8,10,12-13,15-16,19,24-26H,2-7,9,11,14H2,1H3. The van der Waals surface area contributed by atoms with Crippen LogP contribution in [0.4, 0.5) is 0 Å². The van der Waals surface area contributed by atoms with Crippen LogP contribution in [0, 0.1) is 16.4 Å². The Morgan fingerprint density at radius 2 is 2.09 bits per heavy atom. The lowest BCUT2D eigenvalue weighted by Gasteiger charge is -2.36. The smallest absolute Gasteiger partial charge is 0.333 e. The van der Waals surface area contributed by atoms with Gasteiger partial charge in [0, 0.05) is 43.7 Å². The number of nitrogens with zero attached hydrogens (tertiary/aromatic N) is 4. The van der Waals surface area contributed by atoms with E-state index in [1.165, 1.54) is 12.3 Å². The van der Waals surface area contributed by atoms with E-state index in [9.17, 15) is 9.59 Å². The second-order valence-electron chi connectivity index (χ2n) is 9.24. The van der Waals surface area contributed by atoms with Crippen molar-refractivity contribution in [1.29, 1.82) is 10.9 Å². The lowest BCUT2D eigenvalue weighted by Crippen LogP contribution is -2.42. The highest BCUT2D eigenvalue weighted by molar-refractivity contribution is 5.90. The molecular formula is C23H31N7O3. The van der Waals surface area contributed by atoms with Crippen molar-refractivity contribution in [3.8, 4) is 0 Å². The molecule has 2 atom stereocenters. The van der Waals surface area contributed by atoms with Gasteiger partial charge in [-0.05, 0) is 38.3 Å². The summed E-state index contributed by atoms with van der Waals surface area (Å²) in [6.07, 6.45) is 11.0. The van der Waals surface area contributed by atoms with Crippen LogP contribution in [0.5, 0.6) is 0 Å². The molecule has 10 nitrogen and oxygen atoms in total. The summed E-state index contributed by atoms with van der Waals surface area (Å²) in [5, 5.41) is 14.4. The van der Waals surface area contributed by atoms with Gasteiger partial charge in [0.1, 0.15) is 6.61 Å². The molecule has 1 aromatic heterocycles. The molecule has 3 N–H and O–H groups in total. The minimum absolute atomic E-state index is 0.0682. The fourth-order valence-electron chi connectivity index (χ4n) is 5.08. The highest BCUT2D eigenvalue weighted by Gasteiger charge is 2.49. The Morgan fingerprint density at radius 1 is 1.30 bits per heavy atom. The topological polar surface area (TPSA) is 144 Å². The summed E-state index contributed by atoms with van der Waals surface area (Å²) in [4.78, 5) is 35.2. The molecule has 0 bridgehead atoms. The van der Waals surface area contributed by atoms with Crippen molar-refractivity contribution in [3.63, 3.8) is 0 Å². The minimum atomic E-state index is -0.366. The van der Waals surface area contributed by atoms with E-state index < -0.39 is 0 Å². The first kappa shape index (κ1) is 23.2. The number of cyclic esters (lactones) is 1. The maximum Gasteiger partial charge on any atom is 0.333 e. The average Bonchev–Trinajstić information content (AvgIpc) is 3.40. The Kier molecular flexibility index (Phi) is 6.92. The van der Waals surface area contributed by atoms with Crippen molar-refractivity contribution in [1.82, 2.24) is 20.2 Å². The molecule has 4 rings (SSSR count). The van der Waals surface area contributed by atoms with Crippen LogP contribution in [0.3, 0.4) is 0 Å². The molecule has 1 amide bonds. The third-order valence-electron chi connectivity index (χ3n) is 7.31. The van der Waals surface area contributed by atoms with Crippen molar-refractivity contribution in [2.24, 2.45) is 10.5 Å². The molecular weight excluding hydrogens is 422 g/mol. The van der Waals surface area contributed by atoms with E-state index in [-0.39, 0.29) is 35.9 Å². The van der Waals surface area contributed by atoms with Crippen LogP contribution < -0.4 is 5.32 Å². The average molecular weight is 454 g/mol. The SMILES string of the molecule is CC(c1cnc(CNC2CCC3(CC2)CCN(C2=CC(=O)OC2)C3=O)cn1)C(CC=N)N=N. The number of carbonyl (C=O) groups is 2. The van der Waals surface area contributed by atoms with E-state index in [2.05, 4.69) is 20.4 Å². The predicted octanol–water partition coefficient (Wildman–Crippen LogP) is 2.71. The number of likely N-dealkylation sites (tertiary alicyclic amines) is 1. The Hall–Kier alpha value is -3.01. The molecule has 1 aromatic rings. The molecule has 176 valence electrons. The second-order valence-corrected chi connectivity index (χ2v) is 9.24. The molecule has 33 heavy (non-hydrogen) atoms. The number of hydrogen-bond donors (Lipinski definition) is 3. The van der Waals surface area contributed by atoms with Gasteiger partial charge in [0.05, 0.1) is 34.7 Å². The summed E-state index contributed by atoms with van der Waals surface area (Å²) in [6, 6.07) is 0.0371. The number of ether oxygens (including phenoxy) is 1. The van der Waals surface area contributed by atoms with Gasteiger partial charge in [0.25, 0.3) is 0 Å². The van der Waals surface area contributed by atoms with E-state index in [1.54, 1.807) is 17.3 Å². The van der Waals surface area contributed by atoms with Gasteiger partial charge >= 0.3 is 5.97 Å². The van der Waals surface area contributed by atoms with E-state index >= 15 is 0 Å². The van der Waals surface area contributed by atoms with Crippen LogP contribution in [0.1, 0.15) is 62.8 Å². The van der Waals surface area contributed by atoms with Crippen molar-refractivity contribution >= 4 is 18.1 Å². The number of nitrogens with one attached hydrogen (secondary N) is 3. The van der Waals surface area contributed by atoms with E-state index in [1.807, 2.05) is 6.92 Å². The van der Waals surface area contributed by atoms with Gasteiger partial charge in [-0.1, -0.05) is 6.92 Å². The van der Waals surface area contributed by atoms with Crippen LogP contribution in [-0.4, -0.2) is 58.2 Å². The molecule has 2 aliphatic heterocycles. The summed E-state index contributed by atoms with van der Waals surface area (Å²) in [5.41, 5.74) is 9.32. The van der Waals surface area contributed by atoms with Gasteiger partial charge in [-0.2, -0.15) is 5.11 Å². The maximum absolute atomic E-state index is 13.1. The molecule has 0 aromatic carbocycles. The molecule has 1 saturated heterocycles. The zero-order valence-electron chi connectivity index (χ0n) is 18.9. The van der Waals surface area contributed by atoms with Gasteiger partial charge in [0.2, 0.25) is 5.91 Å². The first-order chi connectivity index (χ1) is 16.0. The predicted molar refractivity (Wildman–Crippen MR) is 120 cm³/mol. The molecule has 1 saturated carbocycles. The normalized spacial score (nSPS) is 26.8. The summed E-state index contributed by atoms with van der Waals surface area (Å²) < 4.78 is 4.97. The van der Waals surface area contributed by atoms with E-state index in [4.69, 9.17) is 15.7 Å². The molecule has 2 fully saturated rings. The molecule has 0 radical (unpaired) electrons. The largest absolute Gasteiger partial charge is 0.456 e. The number of amides is 1. The number of aromatic nitrogens is 2. The van der Waals surface area contributed by atoms with Crippen molar-refractivity contribution in [3.05, 3.63) is 35.6 Å². The molecule has 3 aliphatic rings. The first-order valence-electron chi connectivity index (χ1n) is 11.5. The lowest BCUT2D eigenvalue weighted by molar-refractivity contribution is -0.138. The highest BCUT2D eigenvalue weighted by atomic mass is 16.5. The first-order valence-corrected chi connectivity index (χ1v) is 11.5. The number of hydrogen-bond acceptors (Lipinski definition) is 9. The third-order valence-corrected chi connectivity index (χ3v) is 7.31. The molecule has 3 heterocycles. The summed E-state index contributed by atoms with van der Waals surface area (Å²) in [5.74, 6) is -0.294. The molecule has 2 unspecified atom stereocenters. The second kappa shape index (κ2) is 9.86. The highest BCUT2D eigenvalue weighted by Crippen LogP contribution is 2.46. The van der Waals surface area contributed by atoms with Gasteiger partial charge in [-0.3, -0.25) is 14.8 Å². The molecule has 10 heteroatoms. The number of esters is 1. The monoisotopic (exact) mass is 453 g/mol. The number of carbonyl (C=O) groups excluding carboxylic acids is 2. The molecule has 1 aliphatic carbocycles. The number of rotatable bonds is 9. The Bertz CT molecular complexity index is 938. The zero-order chi connectivity index (χ0) is 23.4. The summed E-state index contributed by atoms with van der Waals surface area (Å²) >= 11 is 0. The van der Waals surface area contributed by atoms with Gasteiger partial charge < -0.3 is 20.4 Å². The lowest BCUT2D eigenvalue weighted by atomic mass is 9.71. The van der Waals surface area contributed by atoms with Gasteiger partial charge in [0.15, 0.2) is 0 Å². The quantitative estimate of drug-likeness (QED) is 0.298. The fraction of sp³-hybridized carbons (Fsp3) is 0.609. The minimum Gasteiger partial charge on any atom is -0.456 e. The van der Waals surface area contributed by atoms with Gasteiger partial charge in [-0.25, -0.2) is 10.3 Å². The van der Waals surface area contributed by atoms with Crippen molar-refractivity contribution < 1.29 is 14.3 Å². The Balaban J connectivity index is 1.26. The van der Waals surface area contributed by atoms with Crippen LogP contribution in [-0.2, 0) is 20.9 Å². The van der Waals surface area contributed by atoms with Gasteiger partial charge in [-0.15, -0.1) is 0 Å². The van der Waals surface area contributed by atoms with Crippen molar-refractivity contribution in [2.75, 3.05) is 13.2 Å². The summed E-state index contributed by atoms with van der Waals surface area (Å²) in [7, 11) is 0. The van der Waals surface area contributed by atoms with E-state index in [0.717, 1.165) is 43.5 Å². The van der Waals surface area contributed by atoms with Crippen LogP contribution >= 0.6 is 0 Å². The van der Waals surface area contributed by atoms with Crippen molar-refractivity contribution in [2.45, 2.75) is 70.0 Å². The summed E-state index contributed by atoms with van der Waals surface area (Å²) in [6.45, 7) is 3.42. The molecule has 1 spiro atoms. The van der Waals surface area contributed by atoms with Crippen LogP contribution in [0.15, 0.2) is 29.3 Å². The van der Waals surface area contributed by atoms with E-state index in [0.29, 0.717) is 31.2 Å². The fourth-order valence-corrected chi connectivity index (χ4v) is 5.08.